The van der Waals surface area contributed by atoms with Crippen molar-refractivity contribution >= 4 is 30.3 Å². The SMILES string of the molecule is C[Si](C)(C)c1occc1C(=O)Cl. The van der Waals surface area contributed by atoms with Crippen LogP contribution in [0.5, 0.6) is 0 Å². The molecule has 0 aliphatic heterocycles. The second-order valence-electron chi connectivity index (χ2n) is 3.69. The minimum atomic E-state index is -1.56. The third kappa shape index (κ3) is 1.79. The van der Waals surface area contributed by atoms with Gasteiger partial charge in [0.05, 0.1) is 17.2 Å². The van der Waals surface area contributed by atoms with Gasteiger partial charge in [-0.2, -0.15) is 0 Å². The van der Waals surface area contributed by atoms with E-state index in [2.05, 4.69) is 19.6 Å². The summed E-state index contributed by atoms with van der Waals surface area (Å²) in [5, 5.41) is 0.351. The maximum atomic E-state index is 10.9. The van der Waals surface area contributed by atoms with E-state index in [-0.39, 0.29) is 0 Å². The van der Waals surface area contributed by atoms with Gasteiger partial charge in [-0.3, -0.25) is 4.79 Å². The Bertz CT molecular complexity index is 298. The van der Waals surface area contributed by atoms with Crippen molar-refractivity contribution in [2.24, 2.45) is 0 Å². The molecule has 0 aliphatic rings. The van der Waals surface area contributed by atoms with Gasteiger partial charge in [-0.1, -0.05) is 19.6 Å². The third-order valence-corrected chi connectivity index (χ3v) is 3.51. The smallest absolute Gasteiger partial charge is 0.255 e. The fourth-order valence-electron chi connectivity index (χ4n) is 1.04. The molecule has 1 heterocycles. The molecule has 0 saturated heterocycles. The number of furan rings is 1. The van der Waals surface area contributed by atoms with Gasteiger partial charge >= 0.3 is 0 Å². The van der Waals surface area contributed by atoms with Crippen LogP contribution in [0.25, 0.3) is 0 Å². The Labute approximate surface area is 77.5 Å². The molecule has 66 valence electrons. The minimum absolute atomic E-state index is 0.429. The molecule has 1 aromatic heterocycles. The molecular weight excluding hydrogens is 192 g/mol. The average Bonchev–Trinajstić information content (AvgIpc) is 2.30. The van der Waals surface area contributed by atoms with E-state index in [4.69, 9.17) is 16.0 Å². The first-order chi connectivity index (χ1) is 5.43. The molecule has 0 radical (unpaired) electrons. The Morgan fingerprint density at radius 2 is 2.08 bits per heavy atom. The lowest BCUT2D eigenvalue weighted by Crippen LogP contribution is -2.39. The van der Waals surface area contributed by atoms with Crippen LogP contribution >= 0.6 is 11.6 Å². The predicted molar refractivity (Wildman–Crippen MR) is 51.9 cm³/mol. The summed E-state index contributed by atoms with van der Waals surface area (Å²) < 4.78 is 5.25. The van der Waals surface area contributed by atoms with E-state index < -0.39 is 13.3 Å². The highest BCUT2D eigenvalue weighted by Gasteiger charge is 2.26. The van der Waals surface area contributed by atoms with E-state index >= 15 is 0 Å². The Hall–Kier alpha value is -0.543. The molecule has 0 aromatic carbocycles. The monoisotopic (exact) mass is 202 g/mol. The Balaban J connectivity index is 3.17. The molecule has 12 heavy (non-hydrogen) atoms. The van der Waals surface area contributed by atoms with Crippen LogP contribution in [0.1, 0.15) is 10.4 Å². The summed E-state index contributed by atoms with van der Waals surface area (Å²) in [5.74, 6) is 0. The van der Waals surface area contributed by atoms with Crippen LogP contribution in [0.2, 0.25) is 19.6 Å². The molecule has 0 amide bonds. The van der Waals surface area contributed by atoms with Crippen LogP contribution in [0.4, 0.5) is 0 Å². The lowest BCUT2D eigenvalue weighted by molar-refractivity contribution is 0.108. The van der Waals surface area contributed by atoms with Crippen molar-refractivity contribution in [2.45, 2.75) is 19.6 Å². The first-order valence-corrected chi connectivity index (χ1v) is 7.58. The lowest BCUT2D eigenvalue weighted by Gasteiger charge is -2.12. The molecule has 0 aliphatic carbocycles. The van der Waals surface area contributed by atoms with E-state index in [0.717, 1.165) is 5.38 Å². The van der Waals surface area contributed by atoms with E-state index in [1.54, 1.807) is 6.07 Å². The molecule has 0 N–H and O–H groups in total. The van der Waals surface area contributed by atoms with Crippen LogP contribution in [0.3, 0.4) is 0 Å². The number of halogens is 1. The first kappa shape index (κ1) is 9.54. The van der Waals surface area contributed by atoms with E-state index in [1.165, 1.54) is 6.26 Å². The average molecular weight is 203 g/mol. The van der Waals surface area contributed by atoms with Gasteiger partial charge in [0.2, 0.25) is 0 Å². The van der Waals surface area contributed by atoms with Crippen molar-refractivity contribution in [3.63, 3.8) is 0 Å². The third-order valence-electron chi connectivity index (χ3n) is 1.56. The standard InChI is InChI=1S/C8H11ClO2Si/c1-12(2,3)8-6(7(9)10)4-5-11-8/h4-5H,1-3H3. The molecule has 1 aromatic rings. The molecule has 2 nitrogen and oxygen atoms in total. The van der Waals surface area contributed by atoms with Gasteiger partial charge in [-0.25, -0.2) is 0 Å². The molecule has 0 bridgehead atoms. The van der Waals surface area contributed by atoms with Gasteiger partial charge in [0.15, 0.2) is 0 Å². The highest BCUT2D eigenvalue weighted by Crippen LogP contribution is 2.10. The van der Waals surface area contributed by atoms with Crippen LogP contribution in [-0.2, 0) is 0 Å². The van der Waals surface area contributed by atoms with Gasteiger partial charge in [0.25, 0.3) is 5.24 Å². The molecule has 0 atom stereocenters. The molecule has 0 fully saturated rings. The normalized spacial score (nSPS) is 11.7. The van der Waals surface area contributed by atoms with E-state index in [0.29, 0.717) is 5.56 Å². The Kier molecular flexibility index (Phi) is 2.44. The summed E-state index contributed by atoms with van der Waals surface area (Å²) in [4.78, 5) is 10.9. The van der Waals surface area contributed by atoms with Crippen molar-refractivity contribution in [2.75, 3.05) is 0 Å². The zero-order valence-electron chi connectivity index (χ0n) is 7.35. The van der Waals surface area contributed by atoms with Gasteiger partial charge in [-0.05, 0) is 17.7 Å². The second-order valence-corrected chi connectivity index (χ2v) is 8.98. The fourth-order valence-corrected chi connectivity index (χ4v) is 2.70. The van der Waals surface area contributed by atoms with Crippen molar-refractivity contribution in [3.05, 3.63) is 17.9 Å². The number of hydrogen-bond acceptors (Lipinski definition) is 2. The predicted octanol–water partition coefficient (Wildman–Crippen LogP) is 2.20. The lowest BCUT2D eigenvalue weighted by atomic mass is 10.4. The van der Waals surface area contributed by atoms with Crippen molar-refractivity contribution in [1.82, 2.24) is 0 Å². The van der Waals surface area contributed by atoms with E-state index in [9.17, 15) is 4.79 Å². The zero-order chi connectivity index (χ0) is 9.35. The molecule has 1 rings (SSSR count). The largest absolute Gasteiger partial charge is 0.474 e. The van der Waals surface area contributed by atoms with Crippen LogP contribution in [0, 0.1) is 0 Å². The fraction of sp³-hybridized carbons (Fsp3) is 0.375. The van der Waals surface area contributed by atoms with Crippen molar-refractivity contribution < 1.29 is 9.21 Å². The van der Waals surface area contributed by atoms with Crippen molar-refractivity contribution in [3.8, 4) is 0 Å². The number of rotatable bonds is 2. The van der Waals surface area contributed by atoms with Gasteiger partial charge in [0, 0.05) is 0 Å². The number of hydrogen-bond donors (Lipinski definition) is 0. The molecule has 4 heteroatoms. The summed E-state index contributed by atoms with van der Waals surface area (Å²) in [5.41, 5.74) is 0.524. The van der Waals surface area contributed by atoms with Gasteiger partial charge < -0.3 is 4.42 Å². The number of carbonyl (C=O) groups is 1. The maximum Gasteiger partial charge on any atom is 0.255 e. The second kappa shape index (κ2) is 3.07. The van der Waals surface area contributed by atoms with E-state index in [1.807, 2.05) is 0 Å². The van der Waals surface area contributed by atoms with Crippen LogP contribution in [0.15, 0.2) is 16.7 Å². The summed E-state index contributed by atoms with van der Waals surface area (Å²) >= 11 is 5.38. The highest BCUT2D eigenvalue weighted by atomic mass is 35.5. The molecular formula is C8H11ClO2Si. The Morgan fingerprint density at radius 3 is 2.42 bits per heavy atom. The zero-order valence-corrected chi connectivity index (χ0v) is 9.11. The van der Waals surface area contributed by atoms with Crippen LogP contribution < -0.4 is 5.38 Å². The van der Waals surface area contributed by atoms with Crippen LogP contribution in [-0.4, -0.2) is 13.3 Å². The highest BCUT2D eigenvalue weighted by molar-refractivity contribution is 6.89. The maximum absolute atomic E-state index is 10.9. The van der Waals surface area contributed by atoms with Gasteiger partial charge in [0.1, 0.15) is 8.07 Å². The molecule has 0 spiro atoms. The summed E-state index contributed by atoms with van der Waals surface area (Å²) in [6.45, 7) is 6.32. The van der Waals surface area contributed by atoms with Crippen molar-refractivity contribution in [1.29, 1.82) is 0 Å². The minimum Gasteiger partial charge on any atom is -0.474 e. The molecule has 0 unspecified atom stereocenters. The summed E-state index contributed by atoms with van der Waals surface area (Å²) in [6, 6.07) is 1.63. The number of carbonyl (C=O) groups excluding carboxylic acids is 1. The molecule has 0 saturated carbocycles. The summed E-state index contributed by atoms with van der Waals surface area (Å²) in [6.07, 6.45) is 1.52. The summed E-state index contributed by atoms with van der Waals surface area (Å²) in [7, 11) is -1.56. The first-order valence-electron chi connectivity index (χ1n) is 3.70. The topological polar surface area (TPSA) is 30.2 Å². The quantitative estimate of drug-likeness (QED) is 0.544. The van der Waals surface area contributed by atoms with Gasteiger partial charge in [-0.15, -0.1) is 0 Å². The Morgan fingerprint density at radius 1 is 1.50 bits per heavy atom.